The van der Waals surface area contributed by atoms with Gasteiger partial charge in [0, 0.05) is 32.2 Å². The zero-order valence-electron chi connectivity index (χ0n) is 15.4. The quantitative estimate of drug-likeness (QED) is 0.794. The lowest BCUT2D eigenvalue weighted by molar-refractivity contribution is 0.0633. The molecule has 0 spiro atoms. The Balaban J connectivity index is 1.89. The number of carbonyl (C=O) groups is 1. The highest BCUT2D eigenvalue weighted by Crippen LogP contribution is 2.28. The highest BCUT2D eigenvalue weighted by Gasteiger charge is 2.34. The third-order valence-electron chi connectivity index (χ3n) is 4.55. The van der Waals surface area contributed by atoms with Gasteiger partial charge in [0.2, 0.25) is 0 Å². The number of aromatic nitrogens is 5. The first-order chi connectivity index (χ1) is 12.1. The van der Waals surface area contributed by atoms with E-state index in [4.69, 9.17) is 4.74 Å². The normalized spacial score (nSPS) is 17.0. The fourth-order valence-corrected chi connectivity index (χ4v) is 3.41. The Morgan fingerprint density at radius 3 is 2.72 bits per heavy atom. The van der Waals surface area contributed by atoms with Crippen LogP contribution >= 0.6 is 0 Å². The van der Waals surface area contributed by atoms with Crippen LogP contribution in [0.2, 0.25) is 0 Å². The van der Waals surface area contributed by atoms with Gasteiger partial charge in [-0.05, 0) is 33.8 Å². The predicted octanol–water partition coefficient (Wildman–Crippen LogP) is 1.60. The molecule has 0 radical (unpaired) electrons. The Kier molecular flexibility index (Phi) is 5.17. The van der Waals surface area contributed by atoms with Gasteiger partial charge in [0.05, 0.1) is 24.5 Å². The van der Waals surface area contributed by atoms with Crippen molar-refractivity contribution in [1.82, 2.24) is 29.7 Å². The molecule has 136 valence electrons. The topological polar surface area (TPSA) is 78.1 Å². The Morgan fingerprint density at radius 2 is 2.04 bits per heavy atom. The number of fused-ring (bicyclic) bond motifs is 1. The Morgan fingerprint density at radius 1 is 1.28 bits per heavy atom. The van der Waals surface area contributed by atoms with Crippen molar-refractivity contribution in [3.63, 3.8) is 0 Å². The summed E-state index contributed by atoms with van der Waals surface area (Å²) in [5.41, 5.74) is 3.44. The average Bonchev–Trinajstić information content (AvgIpc) is 3.21. The van der Waals surface area contributed by atoms with E-state index in [2.05, 4.69) is 15.4 Å². The molecule has 3 heterocycles. The van der Waals surface area contributed by atoms with Gasteiger partial charge in [-0.15, -0.1) is 5.10 Å². The van der Waals surface area contributed by atoms with E-state index in [0.29, 0.717) is 38.5 Å². The van der Waals surface area contributed by atoms with Crippen molar-refractivity contribution >= 4 is 5.91 Å². The SMILES string of the molecule is CCOCC1CN(C(=O)c2cc(C)nn2CC)Cc2nnn(CC)c21. The van der Waals surface area contributed by atoms with Gasteiger partial charge in [0.15, 0.2) is 0 Å². The van der Waals surface area contributed by atoms with E-state index in [1.165, 1.54) is 0 Å². The van der Waals surface area contributed by atoms with Crippen molar-refractivity contribution in [3.05, 3.63) is 28.8 Å². The molecule has 0 saturated heterocycles. The van der Waals surface area contributed by atoms with E-state index in [1.54, 1.807) is 4.68 Å². The lowest BCUT2D eigenvalue weighted by atomic mass is 9.98. The zero-order valence-corrected chi connectivity index (χ0v) is 15.4. The van der Waals surface area contributed by atoms with E-state index >= 15 is 0 Å². The maximum atomic E-state index is 13.1. The largest absolute Gasteiger partial charge is 0.381 e. The minimum atomic E-state index is -0.0133. The number of carbonyl (C=O) groups excluding carboxylic acids is 1. The molecule has 0 aromatic carbocycles. The molecule has 3 rings (SSSR count). The van der Waals surface area contributed by atoms with Gasteiger partial charge in [0.25, 0.3) is 5.91 Å². The summed E-state index contributed by atoms with van der Waals surface area (Å²) in [6.07, 6.45) is 0. The molecule has 2 aromatic heterocycles. The summed E-state index contributed by atoms with van der Waals surface area (Å²) in [4.78, 5) is 14.9. The lowest BCUT2D eigenvalue weighted by Crippen LogP contribution is -2.41. The van der Waals surface area contributed by atoms with Gasteiger partial charge >= 0.3 is 0 Å². The summed E-state index contributed by atoms with van der Waals surface area (Å²) in [5, 5.41) is 12.9. The molecule has 0 bridgehead atoms. The molecule has 1 aliphatic heterocycles. The molecule has 0 N–H and O–H groups in total. The third-order valence-corrected chi connectivity index (χ3v) is 4.55. The van der Waals surface area contributed by atoms with Crippen LogP contribution in [-0.2, 0) is 24.4 Å². The molecule has 2 aromatic rings. The Hall–Kier alpha value is -2.22. The number of amides is 1. The molecule has 1 unspecified atom stereocenters. The van der Waals surface area contributed by atoms with Gasteiger partial charge in [-0.2, -0.15) is 5.10 Å². The van der Waals surface area contributed by atoms with Gasteiger partial charge in [0.1, 0.15) is 11.4 Å². The number of rotatable bonds is 6. The van der Waals surface area contributed by atoms with E-state index < -0.39 is 0 Å². The van der Waals surface area contributed by atoms with Crippen LogP contribution in [0.25, 0.3) is 0 Å². The van der Waals surface area contributed by atoms with Crippen molar-refractivity contribution in [3.8, 4) is 0 Å². The Labute approximate surface area is 147 Å². The number of nitrogens with zero attached hydrogens (tertiary/aromatic N) is 6. The van der Waals surface area contributed by atoms with Crippen molar-refractivity contribution in [2.75, 3.05) is 19.8 Å². The van der Waals surface area contributed by atoms with Crippen LogP contribution in [0.3, 0.4) is 0 Å². The molecule has 0 saturated carbocycles. The molecule has 1 amide bonds. The lowest BCUT2D eigenvalue weighted by Gasteiger charge is -2.32. The number of hydrogen-bond acceptors (Lipinski definition) is 5. The van der Waals surface area contributed by atoms with Gasteiger partial charge < -0.3 is 9.64 Å². The van der Waals surface area contributed by atoms with Crippen molar-refractivity contribution < 1.29 is 9.53 Å². The summed E-state index contributed by atoms with van der Waals surface area (Å²) in [5.74, 6) is 0.0716. The van der Waals surface area contributed by atoms with Gasteiger partial charge in [-0.25, -0.2) is 4.68 Å². The fraction of sp³-hybridized carbons (Fsp3) is 0.647. The zero-order chi connectivity index (χ0) is 18.0. The minimum Gasteiger partial charge on any atom is -0.381 e. The van der Waals surface area contributed by atoms with Gasteiger partial charge in [-0.3, -0.25) is 9.48 Å². The second-order valence-corrected chi connectivity index (χ2v) is 6.27. The van der Waals surface area contributed by atoms with Crippen molar-refractivity contribution in [1.29, 1.82) is 0 Å². The summed E-state index contributed by atoms with van der Waals surface area (Å²) in [6, 6.07) is 1.85. The van der Waals surface area contributed by atoms with E-state index in [1.807, 2.05) is 43.3 Å². The monoisotopic (exact) mass is 346 g/mol. The maximum Gasteiger partial charge on any atom is 0.272 e. The number of aryl methyl sites for hydroxylation is 3. The minimum absolute atomic E-state index is 0.0133. The van der Waals surface area contributed by atoms with Crippen LogP contribution < -0.4 is 0 Å². The highest BCUT2D eigenvalue weighted by atomic mass is 16.5. The van der Waals surface area contributed by atoms with Gasteiger partial charge in [-0.1, -0.05) is 5.21 Å². The molecule has 1 atom stereocenters. The van der Waals surface area contributed by atoms with E-state index in [-0.39, 0.29) is 11.8 Å². The number of hydrogen-bond donors (Lipinski definition) is 0. The number of ether oxygens (including phenoxy) is 1. The van der Waals surface area contributed by atoms with Crippen molar-refractivity contribution in [2.24, 2.45) is 0 Å². The summed E-state index contributed by atoms with van der Waals surface area (Å²) < 4.78 is 9.33. The standard InChI is InChI=1S/C17H26N6O2/c1-5-22-15(8-12(4)19-22)17(24)21-9-13(11-25-7-3)16-14(10-21)18-20-23(16)6-2/h8,13H,5-7,9-11H2,1-4H3. The fourth-order valence-electron chi connectivity index (χ4n) is 3.41. The van der Waals surface area contributed by atoms with Crippen LogP contribution in [-0.4, -0.2) is 55.3 Å². The molecule has 0 aliphatic carbocycles. The predicted molar refractivity (Wildman–Crippen MR) is 92.3 cm³/mol. The molecule has 8 nitrogen and oxygen atoms in total. The van der Waals surface area contributed by atoms with Crippen LogP contribution in [0.1, 0.15) is 54.3 Å². The maximum absolute atomic E-state index is 13.1. The molecular weight excluding hydrogens is 320 g/mol. The van der Waals surface area contributed by atoms with Crippen molar-refractivity contribution in [2.45, 2.75) is 53.2 Å². The van der Waals surface area contributed by atoms with E-state index in [0.717, 1.165) is 23.6 Å². The summed E-state index contributed by atoms with van der Waals surface area (Å²) in [6.45, 7) is 11.6. The average molecular weight is 346 g/mol. The first-order valence-corrected chi connectivity index (χ1v) is 8.92. The third kappa shape index (κ3) is 3.30. The van der Waals surface area contributed by atoms with E-state index in [9.17, 15) is 4.79 Å². The second-order valence-electron chi connectivity index (χ2n) is 6.27. The Bertz CT molecular complexity index is 750. The first-order valence-electron chi connectivity index (χ1n) is 8.92. The summed E-state index contributed by atoms with van der Waals surface area (Å²) >= 11 is 0. The van der Waals surface area contributed by atoms with Crippen LogP contribution in [0.4, 0.5) is 0 Å². The molecule has 1 aliphatic rings. The molecule has 8 heteroatoms. The molecule has 25 heavy (non-hydrogen) atoms. The van der Waals surface area contributed by atoms with Crippen LogP contribution in [0, 0.1) is 6.92 Å². The highest BCUT2D eigenvalue weighted by molar-refractivity contribution is 5.92. The first kappa shape index (κ1) is 17.6. The molecular formula is C17H26N6O2. The summed E-state index contributed by atoms with van der Waals surface area (Å²) in [7, 11) is 0. The second kappa shape index (κ2) is 7.35. The van der Waals surface area contributed by atoms with Crippen LogP contribution in [0.15, 0.2) is 6.07 Å². The van der Waals surface area contributed by atoms with Crippen LogP contribution in [0.5, 0.6) is 0 Å². The molecule has 0 fully saturated rings. The smallest absolute Gasteiger partial charge is 0.272 e.